The van der Waals surface area contributed by atoms with E-state index < -0.39 is 5.97 Å². The summed E-state index contributed by atoms with van der Waals surface area (Å²) in [5.41, 5.74) is 8.38. The molecule has 0 saturated heterocycles. The first-order valence-corrected chi connectivity index (χ1v) is 6.61. The number of rotatable bonds is 5. The number of carbonyl (C=O) groups is 1. The highest BCUT2D eigenvalue weighted by Gasteiger charge is 2.18. The summed E-state index contributed by atoms with van der Waals surface area (Å²) in [6.07, 6.45) is 3.40. The SMILES string of the molecule is NC[C@H](CC(=O)O)c1ccc(Cl)cc1-c1cccnc1. The van der Waals surface area contributed by atoms with Crippen molar-refractivity contribution >= 4 is 17.6 Å². The quantitative estimate of drug-likeness (QED) is 0.888. The Kier molecular flexibility index (Phi) is 4.71. The zero-order valence-corrected chi connectivity index (χ0v) is 11.5. The van der Waals surface area contributed by atoms with Crippen LogP contribution in [0.3, 0.4) is 0 Å². The average Bonchev–Trinajstić information content (AvgIpc) is 2.45. The Morgan fingerprint density at radius 1 is 1.40 bits per heavy atom. The van der Waals surface area contributed by atoms with Gasteiger partial charge in [0, 0.05) is 28.9 Å². The Morgan fingerprint density at radius 2 is 2.20 bits per heavy atom. The maximum absolute atomic E-state index is 11.0. The molecule has 0 aliphatic carbocycles. The van der Waals surface area contributed by atoms with Gasteiger partial charge in [-0.3, -0.25) is 9.78 Å². The number of aliphatic carboxylic acids is 1. The van der Waals surface area contributed by atoms with Crippen molar-refractivity contribution in [1.29, 1.82) is 0 Å². The van der Waals surface area contributed by atoms with E-state index in [0.717, 1.165) is 16.7 Å². The molecule has 5 heteroatoms. The van der Waals surface area contributed by atoms with E-state index >= 15 is 0 Å². The standard InChI is InChI=1S/C15H15ClN2O2/c16-12-3-4-13(11(8-17)6-15(19)20)14(7-12)10-2-1-5-18-9-10/h1-5,7,9,11H,6,8,17H2,(H,19,20)/t11-/m0/s1. The molecule has 0 unspecified atom stereocenters. The van der Waals surface area contributed by atoms with E-state index in [2.05, 4.69) is 4.98 Å². The van der Waals surface area contributed by atoms with Crippen LogP contribution in [0.1, 0.15) is 17.9 Å². The Bertz CT molecular complexity index is 602. The van der Waals surface area contributed by atoms with Gasteiger partial charge in [-0.15, -0.1) is 0 Å². The van der Waals surface area contributed by atoms with Crippen molar-refractivity contribution in [1.82, 2.24) is 4.98 Å². The van der Waals surface area contributed by atoms with Gasteiger partial charge in [-0.2, -0.15) is 0 Å². The van der Waals surface area contributed by atoms with Crippen molar-refractivity contribution in [2.24, 2.45) is 5.73 Å². The molecule has 0 amide bonds. The smallest absolute Gasteiger partial charge is 0.304 e. The van der Waals surface area contributed by atoms with Gasteiger partial charge in [-0.25, -0.2) is 0 Å². The van der Waals surface area contributed by atoms with Crippen LogP contribution in [-0.4, -0.2) is 22.6 Å². The van der Waals surface area contributed by atoms with Gasteiger partial charge in [0.25, 0.3) is 0 Å². The zero-order valence-electron chi connectivity index (χ0n) is 10.8. The van der Waals surface area contributed by atoms with Crippen LogP contribution in [-0.2, 0) is 4.79 Å². The number of nitrogens with zero attached hydrogens (tertiary/aromatic N) is 1. The van der Waals surface area contributed by atoms with E-state index in [4.69, 9.17) is 22.4 Å². The summed E-state index contributed by atoms with van der Waals surface area (Å²) in [7, 11) is 0. The first kappa shape index (κ1) is 14.5. The third-order valence-electron chi connectivity index (χ3n) is 3.13. The Morgan fingerprint density at radius 3 is 2.80 bits per heavy atom. The van der Waals surface area contributed by atoms with Gasteiger partial charge in [0.15, 0.2) is 0 Å². The number of carboxylic acid groups (broad SMARTS) is 1. The number of nitrogens with two attached hydrogens (primary N) is 1. The number of aromatic nitrogens is 1. The van der Waals surface area contributed by atoms with Crippen LogP contribution in [0.4, 0.5) is 0 Å². The third-order valence-corrected chi connectivity index (χ3v) is 3.37. The van der Waals surface area contributed by atoms with Crippen LogP contribution in [0.25, 0.3) is 11.1 Å². The third kappa shape index (κ3) is 3.35. The van der Waals surface area contributed by atoms with Gasteiger partial charge in [0.2, 0.25) is 0 Å². The van der Waals surface area contributed by atoms with Crippen LogP contribution in [0.5, 0.6) is 0 Å². The summed E-state index contributed by atoms with van der Waals surface area (Å²) in [4.78, 5) is 15.0. The fraction of sp³-hybridized carbons (Fsp3) is 0.200. The molecule has 104 valence electrons. The summed E-state index contributed by atoms with van der Waals surface area (Å²) in [6, 6.07) is 9.15. The molecular weight excluding hydrogens is 276 g/mol. The maximum atomic E-state index is 11.0. The van der Waals surface area contributed by atoms with Gasteiger partial charge in [0.05, 0.1) is 6.42 Å². The van der Waals surface area contributed by atoms with Gasteiger partial charge >= 0.3 is 5.97 Å². The number of carboxylic acids is 1. The highest BCUT2D eigenvalue weighted by atomic mass is 35.5. The predicted molar refractivity (Wildman–Crippen MR) is 78.7 cm³/mol. The number of hydrogen-bond acceptors (Lipinski definition) is 3. The van der Waals surface area contributed by atoms with E-state index in [1.807, 2.05) is 24.3 Å². The van der Waals surface area contributed by atoms with Crippen molar-refractivity contribution in [3.05, 3.63) is 53.3 Å². The van der Waals surface area contributed by atoms with Gasteiger partial charge in [-0.05, 0) is 35.9 Å². The van der Waals surface area contributed by atoms with Crippen LogP contribution in [0, 0.1) is 0 Å². The molecule has 0 aliphatic heterocycles. The minimum atomic E-state index is -0.868. The second kappa shape index (κ2) is 6.50. The molecule has 0 saturated carbocycles. The molecule has 1 heterocycles. The molecule has 0 bridgehead atoms. The number of hydrogen-bond donors (Lipinski definition) is 2. The van der Waals surface area contributed by atoms with E-state index in [0.29, 0.717) is 5.02 Å². The number of benzene rings is 1. The Hall–Kier alpha value is -1.91. The van der Waals surface area contributed by atoms with Crippen molar-refractivity contribution in [3.63, 3.8) is 0 Å². The van der Waals surface area contributed by atoms with Gasteiger partial charge in [0.1, 0.15) is 0 Å². The monoisotopic (exact) mass is 290 g/mol. The second-order valence-corrected chi connectivity index (χ2v) is 4.94. The topological polar surface area (TPSA) is 76.2 Å². The first-order valence-electron chi connectivity index (χ1n) is 6.23. The van der Waals surface area contributed by atoms with Crippen LogP contribution in [0.2, 0.25) is 5.02 Å². The summed E-state index contributed by atoms with van der Waals surface area (Å²) in [6.45, 7) is 0.265. The molecule has 3 N–H and O–H groups in total. The molecule has 1 aromatic heterocycles. The number of halogens is 1. The fourth-order valence-corrected chi connectivity index (χ4v) is 2.36. The summed E-state index contributed by atoms with van der Waals surface area (Å²) in [5.74, 6) is -1.12. The highest BCUT2D eigenvalue weighted by molar-refractivity contribution is 6.30. The molecule has 0 radical (unpaired) electrons. The van der Waals surface area contributed by atoms with Gasteiger partial charge < -0.3 is 10.8 Å². The minimum absolute atomic E-state index is 0.00854. The van der Waals surface area contributed by atoms with Gasteiger partial charge in [-0.1, -0.05) is 23.7 Å². The van der Waals surface area contributed by atoms with E-state index in [1.54, 1.807) is 18.5 Å². The summed E-state index contributed by atoms with van der Waals surface area (Å²) in [5, 5.41) is 9.59. The molecule has 1 aromatic carbocycles. The second-order valence-electron chi connectivity index (χ2n) is 4.50. The predicted octanol–water partition coefficient (Wildman–Crippen LogP) is 2.92. The molecule has 2 rings (SSSR count). The molecular formula is C15H15ClN2O2. The Balaban J connectivity index is 2.50. The lowest BCUT2D eigenvalue weighted by atomic mass is 9.89. The van der Waals surface area contributed by atoms with Crippen molar-refractivity contribution in [2.75, 3.05) is 6.54 Å². The zero-order chi connectivity index (χ0) is 14.5. The van der Waals surface area contributed by atoms with Crippen LogP contribution < -0.4 is 5.73 Å². The number of pyridine rings is 1. The fourth-order valence-electron chi connectivity index (χ4n) is 2.19. The van der Waals surface area contributed by atoms with Crippen molar-refractivity contribution in [2.45, 2.75) is 12.3 Å². The summed E-state index contributed by atoms with van der Waals surface area (Å²) >= 11 is 6.05. The maximum Gasteiger partial charge on any atom is 0.304 e. The molecule has 1 atom stereocenters. The lowest BCUT2D eigenvalue weighted by molar-refractivity contribution is -0.137. The van der Waals surface area contributed by atoms with E-state index in [-0.39, 0.29) is 18.9 Å². The first-order chi connectivity index (χ1) is 9.61. The van der Waals surface area contributed by atoms with E-state index in [1.165, 1.54) is 0 Å². The lowest BCUT2D eigenvalue weighted by Crippen LogP contribution is -2.17. The van der Waals surface area contributed by atoms with Crippen LogP contribution in [0.15, 0.2) is 42.7 Å². The molecule has 0 aliphatic rings. The molecule has 0 fully saturated rings. The van der Waals surface area contributed by atoms with Crippen LogP contribution >= 0.6 is 11.6 Å². The van der Waals surface area contributed by atoms with Crippen molar-refractivity contribution < 1.29 is 9.90 Å². The minimum Gasteiger partial charge on any atom is -0.481 e. The molecule has 0 spiro atoms. The van der Waals surface area contributed by atoms with E-state index in [9.17, 15) is 4.79 Å². The normalized spacial score (nSPS) is 12.1. The largest absolute Gasteiger partial charge is 0.481 e. The lowest BCUT2D eigenvalue weighted by Gasteiger charge is -2.18. The summed E-state index contributed by atoms with van der Waals surface area (Å²) < 4.78 is 0. The molecule has 2 aromatic rings. The average molecular weight is 291 g/mol. The molecule has 20 heavy (non-hydrogen) atoms. The molecule has 4 nitrogen and oxygen atoms in total. The highest BCUT2D eigenvalue weighted by Crippen LogP contribution is 2.32. The van der Waals surface area contributed by atoms with Crippen molar-refractivity contribution in [3.8, 4) is 11.1 Å². The Labute approximate surface area is 122 Å².